The van der Waals surface area contributed by atoms with Crippen LogP contribution >= 0.6 is 0 Å². The van der Waals surface area contributed by atoms with Crippen molar-refractivity contribution in [3.05, 3.63) is 42.7 Å². The van der Waals surface area contributed by atoms with Gasteiger partial charge in [-0.15, -0.1) is 0 Å². The number of Topliss-reactive ketones (excluding diaryl/α,β-unsaturated/α-hetero) is 1. The minimum absolute atomic E-state index is 0.182. The summed E-state index contributed by atoms with van der Waals surface area (Å²) >= 11 is 0. The van der Waals surface area contributed by atoms with Crippen molar-refractivity contribution >= 4 is 29.3 Å². The predicted molar refractivity (Wildman–Crippen MR) is 129 cm³/mol. The average molecular weight is 447 g/mol. The molecule has 0 saturated carbocycles. The summed E-state index contributed by atoms with van der Waals surface area (Å²) in [5, 5.41) is 3.31. The number of hydrogen-bond acceptors (Lipinski definition) is 8. The topological polar surface area (TPSA) is 87.4 Å². The summed E-state index contributed by atoms with van der Waals surface area (Å²) < 4.78 is 6.13. The molecular weight excluding hydrogens is 416 g/mol. The van der Waals surface area contributed by atoms with E-state index in [4.69, 9.17) is 4.42 Å². The molecule has 8 heteroatoms. The number of aromatic nitrogens is 3. The van der Waals surface area contributed by atoms with Gasteiger partial charge in [0.2, 0.25) is 5.95 Å². The van der Waals surface area contributed by atoms with Crippen LogP contribution in [0, 0.1) is 5.92 Å². The van der Waals surface area contributed by atoms with Crippen LogP contribution in [0.1, 0.15) is 39.5 Å². The van der Waals surface area contributed by atoms with Gasteiger partial charge in [-0.05, 0) is 43.4 Å². The monoisotopic (exact) mass is 446 g/mol. The standard InChI is InChI=1S/C25H30N6O2/c1-17(2)23-20(32)9-6-14-31(23)25-27-16-21(33-25)18-7-5-8-19(15-18)28-24-26-11-10-22(29-24)30-12-3-4-13-30/h5,7-8,10-11,15-17,23H,3-4,6,9,12-14H2,1-2H3,(H,26,28,29). The number of benzene rings is 1. The van der Waals surface area contributed by atoms with Gasteiger partial charge in [-0.3, -0.25) is 4.79 Å². The largest absolute Gasteiger partial charge is 0.423 e. The van der Waals surface area contributed by atoms with Gasteiger partial charge in [0, 0.05) is 43.5 Å². The van der Waals surface area contributed by atoms with E-state index in [0.29, 0.717) is 24.1 Å². The number of carbonyl (C=O) groups is 1. The molecular formula is C25H30N6O2. The highest BCUT2D eigenvalue weighted by Gasteiger charge is 2.34. The maximum absolute atomic E-state index is 12.5. The number of ketones is 1. The Labute approximate surface area is 194 Å². The molecule has 1 N–H and O–H groups in total. The summed E-state index contributed by atoms with van der Waals surface area (Å²) in [6, 6.07) is 10.2. The first-order valence-corrected chi connectivity index (χ1v) is 11.8. The Kier molecular flexibility index (Phi) is 5.98. The fourth-order valence-electron chi connectivity index (χ4n) is 4.77. The second kappa shape index (κ2) is 9.21. The molecule has 0 amide bonds. The number of piperidine rings is 1. The quantitative estimate of drug-likeness (QED) is 0.585. The van der Waals surface area contributed by atoms with Crippen LogP contribution in [-0.2, 0) is 4.79 Å². The van der Waals surface area contributed by atoms with Crippen LogP contribution in [0.3, 0.4) is 0 Å². The van der Waals surface area contributed by atoms with Crippen LogP contribution in [0.2, 0.25) is 0 Å². The maximum Gasteiger partial charge on any atom is 0.298 e. The fraction of sp³-hybridized carbons (Fsp3) is 0.440. The van der Waals surface area contributed by atoms with Crippen molar-refractivity contribution in [2.45, 2.75) is 45.6 Å². The van der Waals surface area contributed by atoms with Crippen molar-refractivity contribution in [3.8, 4) is 11.3 Å². The molecule has 33 heavy (non-hydrogen) atoms. The summed E-state index contributed by atoms with van der Waals surface area (Å²) in [4.78, 5) is 30.4. The Bertz CT molecular complexity index is 1120. The number of anilines is 4. The Morgan fingerprint density at radius 1 is 1.09 bits per heavy atom. The lowest BCUT2D eigenvalue weighted by Crippen LogP contribution is -2.49. The van der Waals surface area contributed by atoms with Crippen molar-refractivity contribution < 1.29 is 9.21 Å². The van der Waals surface area contributed by atoms with E-state index in [2.05, 4.69) is 39.0 Å². The third kappa shape index (κ3) is 4.55. The summed E-state index contributed by atoms with van der Waals surface area (Å²) in [6.07, 6.45) is 7.39. The third-order valence-electron chi connectivity index (χ3n) is 6.33. The molecule has 1 atom stereocenters. The van der Waals surface area contributed by atoms with Crippen LogP contribution < -0.4 is 15.1 Å². The van der Waals surface area contributed by atoms with Crippen LogP contribution in [-0.4, -0.2) is 46.4 Å². The third-order valence-corrected chi connectivity index (χ3v) is 6.33. The predicted octanol–water partition coefficient (Wildman–Crippen LogP) is 4.67. The number of nitrogens with zero attached hydrogens (tertiary/aromatic N) is 5. The summed E-state index contributed by atoms with van der Waals surface area (Å²) in [5.41, 5.74) is 1.77. The Balaban J connectivity index is 1.34. The molecule has 2 aromatic heterocycles. The lowest BCUT2D eigenvalue weighted by atomic mass is 9.92. The van der Waals surface area contributed by atoms with E-state index in [9.17, 15) is 4.79 Å². The Morgan fingerprint density at radius 3 is 2.76 bits per heavy atom. The highest BCUT2D eigenvalue weighted by atomic mass is 16.4. The van der Waals surface area contributed by atoms with Crippen molar-refractivity contribution in [2.75, 3.05) is 34.8 Å². The van der Waals surface area contributed by atoms with E-state index < -0.39 is 0 Å². The molecule has 2 aliphatic rings. The molecule has 3 aromatic rings. The molecule has 1 unspecified atom stereocenters. The van der Waals surface area contributed by atoms with Crippen molar-refractivity contribution in [1.82, 2.24) is 15.0 Å². The van der Waals surface area contributed by atoms with E-state index in [1.165, 1.54) is 12.8 Å². The smallest absolute Gasteiger partial charge is 0.298 e. The van der Waals surface area contributed by atoms with Crippen LogP contribution in [0.5, 0.6) is 0 Å². The van der Waals surface area contributed by atoms with Gasteiger partial charge in [-0.1, -0.05) is 26.0 Å². The van der Waals surface area contributed by atoms with Gasteiger partial charge >= 0.3 is 0 Å². The zero-order chi connectivity index (χ0) is 22.8. The van der Waals surface area contributed by atoms with E-state index in [0.717, 1.165) is 43.1 Å². The molecule has 5 rings (SSSR count). The van der Waals surface area contributed by atoms with Crippen LogP contribution in [0.4, 0.5) is 23.5 Å². The van der Waals surface area contributed by atoms with E-state index in [1.54, 1.807) is 12.4 Å². The molecule has 8 nitrogen and oxygen atoms in total. The van der Waals surface area contributed by atoms with Gasteiger partial charge < -0.3 is 19.5 Å². The number of hydrogen-bond donors (Lipinski definition) is 1. The molecule has 4 heterocycles. The van der Waals surface area contributed by atoms with Crippen molar-refractivity contribution in [2.24, 2.45) is 5.92 Å². The molecule has 2 fully saturated rings. The first-order valence-electron chi connectivity index (χ1n) is 11.8. The van der Waals surface area contributed by atoms with Gasteiger partial charge in [-0.25, -0.2) is 9.97 Å². The number of nitrogens with one attached hydrogen (secondary N) is 1. The summed E-state index contributed by atoms with van der Waals surface area (Å²) in [6.45, 7) is 7.00. The molecule has 2 saturated heterocycles. The number of oxazole rings is 1. The highest BCUT2D eigenvalue weighted by Crippen LogP contribution is 2.31. The van der Waals surface area contributed by atoms with Gasteiger partial charge in [0.1, 0.15) is 5.82 Å². The molecule has 0 radical (unpaired) electrons. The zero-order valence-corrected chi connectivity index (χ0v) is 19.2. The van der Waals surface area contributed by atoms with Gasteiger partial charge in [-0.2, -0.15) is 4.98 Å². The maximum atomic E-state index is 12.5. The molecule has 0 bridgehead atoms. The molecule has 172 valence electrons. The fourth-order valence-corrected chi connectivity index (χ4v) is 4.77. The minimum atomic E-state index is -0.182. The van der Waals surface area contributed by atoms with E-state index >= 15 is 0 Å². The van der Waals surface area contributed by atoms with Gasteiger partial charge in [0.15, 0.2) is 11.5 Å². The normalized spacial score (nSPS) is 18.9. The summed E-state index contributed by atoms with van der Waals surface area (Å²) in [7, 11) is 0. The SMILES string of the molecule is CC(C)C1C(=O)CCCN1c1ncc(-c2cccc(Nc3nccc(N4CCCC4)n3)c2)o1. The van der Waals surface area contributed by atoms with Crippen LogP contribution in [0.15, 0.2) is 47.1 Å². The Hall–Kier alpha value is -3.42. The molecule has 0 spiro atoms. The number of carbonyl (C=O) groups excluding carboxylic acids is 1. The second-order valence-corrected chi connectivity index (χ2v) is 9.10. The number of rotatable bonds is 6. The van der Waals surface area contributed by atoms with Gasteiger partial charge in [0.25, 0.3) is 6.01 Å². The van der Waals surface area contributed by atoms with Crippen LogP contribution in [0.25, 0.3) is 11.3 Å². The first kappa shape index (κ1) is 21.4. The second-order valence-electron chi connectivity index (χ2n) is 9.10. The van der Waals surface area contributed by atoms with E-state index in [-0.39, 0.29) is 17.7 Å². The Morgan fingerprint density at radius 2 is 1.94 bits per heavy atom. The minimum Gasteiger partial charge on any atom is -0.423 e. The first-order chi connectivity index (χ1) is 16.1. The molecule has 1 aromatic carbocycles. The summed E-state index contributed by atoms with van der Waals surface area (Å²) in [5.74, 6) is 2.66. The molecule has 2 aliphatic heterocycles. The van der Waals surface area contributed by atoms with Gasteiger partial charge in [0.05, 0.1) is 12.2 Å². The average Bonchev–Trinajstić information content (AvgIpc) is 3.52. The van der Waals surface area contributed by atoms with Crippen molar-refractivity contribution in [3.63, 3.8) is 0 Å². The molecule has 0 aliphatic carbocycles. The lowest BCUT2D eigenvalue weighted by molar-refractivity contribution is -0.122. The van der Waals surface area contributed by atoms with Crippen molar-refractivity contribution in [1.29, 1.82) is 0 Å². The lowest BCUT2D eigenvalue weighted by Gasteiger charge is -2.35. The zero-order valence-electron chi connectivity index (χ0n) is 19.2. The van der Waals surface area contributed by atoms with E-state index in [1.807, 2.05) is 35.2 Å². The highest BCUT2D eigenvalue weighted by molar-refractivity contribution is 5.88.